The standard InChI is InChI=1S/C17H13FN4/c1-12-13(5-6-16-4-2-3-7-20-16)11-21-22(12)17-9-14(18)8-15(19)10-17/h2-4,7-11H,19H2,1H3. The van der Waals surface area contributed by atoms with Crippen molar-refractivity contribution in [2.75, 3.05) is 5.73 Å². The fourth-order valence-electron chi connectivity index (χ4n) is 2.08. The van der Waals surface area contributed by atoms with Crippen LogP contribution in [0.25, 0.3) is 5.69 Å². The Morgan fingerprint density at radius 3 is 2.77 bits per heavy atom. The molecule has 1 aromatic carbocycles. The van der Waals surface area contributed by atoms with Crippen LogP contribution in [0.5, 0.6) is 0 Å². The summed E-state index contributed by atoms with van der Waals surface area (Å²) in [5.74, 6) is 5.61. The van der Waals surface area contributed by atoms with Gasteiger partial charge in [0.2, 0.25) is 0 Å². The lowest BCUT2D eigenvalue weighted by Gasteiger charge is -2.05. The third kappa shape index (κ3) is 2.81. The van der Waals surface area contributed by atoms with Crippen LogP contribution in [0.4, 0.5) is 10.1 Å². The second-order valence-corrected chi connectivity index (χ2v) is 4.76. The van der Waals surface area contributed by atoms with E-state index in [1.54, 1.807) is 23.1 Å². The van der Waals surface area contributed by atoms with E-state index in [9.17, 15) is 4.39 Å². The molecule has 0 aliphatic carbocycles. The Bertz CT molecular complexity index is 852. The summed E-state index contributed by atoms with van der Waals surface area (Å²) in [6, 6.07) is 9.86. The van der Waals surface area contributed by atoms with Crippen molar-refractivity contribution in [3.8, 4) is 17.5 Å². The van der Waals surface area contributed by atoms with E-state index in [4.69, 9.17) is 5.73 Å². The van der Waals surface area contributed by atoms with E-state index in [1.807, 2.05) is 25.1 Å². The minimum Gasteiger partial charge on any atom is -0.399 e. The van der Waals surface area contributed by atoms with Crippen molar-refractivity contribution in [1.82, 2.24) is 14.8 Å². The molecule has 22 heavy (non-hydrogen) atoms. The summed E-state index contributed by atoms with van der Waals surface area (Å²) in [6.45, 7) is 1.87. The summed E-state index contributed by atoms with van der Waals surface area (Å²) in [5, 5.41) is 4.25. The first-order valence-electron chi connectivity index (χ1n) is 6.67. The molecule has 0 bridgehead atoms. The molecule has 0 aliphatic heterocycles. The molecule has 0 amide bonds. The second kappa shape index (κ2) is 5.70. The van der Waals surface area contributed by atoms with Gasteiger partial charge in [0.25, 0.3) is 0 Å². The molecule has 0 fully saturated rings. The van der Waals surface area contributed by atoms with Gasteiger partial charge in [0.1, 0.15) is 11.5 Å². The highest BCUT2D eigenvalue weighted by Gasteiger charge is 2.08. The molecule has 0 radical (unpaired) electrons. The zero-order chi connectivity index (χ0) is 15.5. The van der Waals surface area contributed by atoms with Gasteiger partial charge in [0.15, 0.2) is 0 Å². The zero-order valence-electron chi connectivity index (χ0n) is 11.9. The highest BCUT2D eigenvalue weighted by atomic mass is 19.1. The van der Waals surface area contributed by atoms with Gasteiger partial charge in [-0.1, -0.05) is 12.0 Å². The molecule has 4 nitrogen and oxygen atoms in total. The third-order valence-corrected chi connectivity index (χ3v) is 3.15. The normalized spacial score (nSPS) is 10.1. The molecule has 0 saturated heterocycles. The van der Waals surface area contributed by atoms with Crippen molar-refractivity contribution in [2.45, 2.75) is 6.92 Å². The van der Waals surface area contributed by atoms with E-state index < -0.39 is 5.82 Å². The van der Waals surface area contributed by atoms with E-state index >= 15 is 0 Å². The Kier molecular flexibility index (Phi) is 3.58. The van der Waals surface area contributed by atoms with Gasteiger partial charge >= 0.3 is 0 Å². The van der Waals surface area contributed by atoms with Crippen LogP contribution in [0.2, 0.25) is 0 Å². The van der Waals surface area contributed by atoms with Crippen LogP contribution in [0, 0.1) is 24.6 Å². The van der Waals surface area contributed by atoms with Gasteiger partial charge < -0.3 is 5.73 Å². The monoisotopic (exact) mass is 292 g/mol. The number of benzene rings is 1. The maximum Gasteiger partial charge on any atom is 0.127 e. The summed E-state index contributed by atoms with van der Waals surface area (Å²) in [6.07, 6.45) is 3.34. The van der Waals surface area contributed by atoms with Gasteiger partial charge in [0, 0.05) is 11.9 Å². The number of anilines is 1. The van der Waals surface area contributed by atoms with E-state index in [2.05, 4.69) is 21.9 Å². The highest BCUT2D eigenvalue weighted by Crippen LogP contribution is 2.18. The molecule has 108 valence electrons. The van der Waals surface area contributed by atoms with Crippen LogP contribution in [-0.2, 0) is 0 Å². The summed E-state index contributed by atoms with van der Waals surface area (Å²) in [5.41, 5.74) is 8.85. The van der Waals surface area contributed by atoms with Crippen molar-refractivity contribution in [3.05, 3.63) is 71.6 Å². The first-order chi connectivity index (χ1) is 10.6. The van der Waals surface area contributed by atoms with Crippen LogP contribution in [0.15, 0.2) is 48.8 Å². The number of rotatable bonds is 1. The Balaban J connectivity index is 1.98. The van der Waals surface area contributed by atoms with Crippen LogP contribution in [0.1, 0.15) is 17.0 Å². The van der Waals surface area contributed by atoms with E-state index in [1.165, 1.54) is 12.1 Å². The van der Waals surface area contributed by atoms with Crippen molar-refractivity contribution in [2.24, 2.45) is 0 Å². The molecular formula is C17H13FN4. The Hall–Kier alpha value is -3.13. The SMILES string of the molecule is Cc1c(C#Cc2ccccn2)cnn1-c1cc(N)cc(F)c1. The molecular weight excluding hydrogens is 279 g/mol. The molecule has 0 aliphatic rings. The minimum absolute atomic E-state index is 0.353. The van der Waals surface area contributed by atoms with Crippen LogP contribution < -0.4 is 5.73 Å². The number of nitrogens with zero attached hydrogens (tertiary/aromatic N) is 3. The number of nitrogen functional groups attached to an aromatic ring is 1. The molecule has 3 aromatic rings. The average molecular weight is 292 g/mol. The van der Waals surface area contributed by atoms with E-state index in [0.717, 1.165) is 11.3 Å². The highest BCUT2D eigenvalue weighted by molar-refractivity contribution is 5.50. The predicted molar refractivity (Wildman–Crippen MR) is 82.9 cm³/mol. The molecule has 0 saturated carbocycles. The van der Waals surface area contributed by atoms with Gasteiger partial charge in [-0.25, -0.2) is 14.1 Å². The topological polar surface area (TPSA) is 56.7 Å². The summed E-state index contributed by atoms with van der Waals surface area (Å²) in [7, 11) is 0. The zero-order valence-corrected chi connectivity index (χ0v) is 11.9. The largest absolute Gasteiger partial charge is 0.399 e. The number of halogens is 1. The fraction of sp³-hybridized carbons (Fsp3) is 0.0588. The maximum absolute atomic E-state index is 13.5. The van der Waals surface area contributed by atoms with Gasteiger partial charge in [-0.3, -0.25) is 0 Å². The quantitative estimate of drug-likeness (QED) is 0.554. The molecule has 3 rings (SSSR count). The Morgan fingerprint density at radius 2 is 2.05 bits per heavy atom. The lowest BCUT2D eigenvalue weighted by molar-refractivity contribution is 0.626. The fourth-order valence-corrected chi connectivity index (χ4v) is 2.08. The van der Waals surface area contributed by atoms with Crippen LogP contribution in [-0.4, -0.2) is 14.8 Å². The number of hydrogen-bond donors (Lipinski definition) is 1. The third-order valence-electron chi connectivity index (χ3n) is 3.15. The number of aromatic nitrogens is 3. The molecule has 0 spiro atoms. The van der Waals surface area contributed by atoms with Crippen molar-refractivity contribution < 1.29 is 4.39 Å². The second-order valence-electron chi connectivity index (χ2n) is 4.76. The molecule has 2 N–H and O–H groups in total. The lowest BCUT2D eigenvalue weighted by atomic mass is 10.2. The molecule has 5 heteroatoms. The minimum atomic E-state index is -0.397. The van der Waals surface area contributed by atoms with Gasteiger partial charge in [0.05, 0.1) is 23.1 Å². The average Bonchev–Trinajstić information content (AvgIpc) is 2.86. The first-order valence-corrected chi connectivity index (χ1v) is 6.67. The smallest absolute Gasteiger partial charge is 0.127 e. The van der Waals surface area contributed by atoms with Gasteiger partial charge in [-0.2, -0.15) is 5.10 Å². The van der Waals surface area contributed by atoms with E-state index in [0.29, 0.717) is 17.1 Å². The summed E-state index contributed by atoms with van der Waals surface area (Å²) < 4.78 is 15.1. The molecule has 2 aromatic heterocycles. The number of hydrogen-bond acceptors (Lipinski definition) is 3. The molecule has 0 unspecified atom stereocenters. The van der Waals surface area contributed by atoms with Crippen molar-refractivity contribution >= 4 is 5.69 Å². The van der Waals surface area contributed by atoms with Crippen LogP contribution in [0.3, 0.4) is 0 Å². The summed E-state index contributed by atoms with van der Waals surface area (Å²) >= 11 is 0. The van der Waals surface area contributed by atoms with Crippen molar-refractivity contribution in [1.29, 1.82) is 0 Å². The Labute approximate surface area is 127 Å². The lowest BCUT2D eigenvalue weighted by Crippen LogP contribution is -2.01. The number of nitrogens with two attached hydrogens (primary N) is 1. The van der Waals surface area contributed by atoms with Crippen molar-refractivity contribution in [3.63, 3.8) is 0 Å². The summed E-state index contributed by atoms with van der Waals surface area (Å²) in [4.78, 5) is 4.14. The number of pyridine rings is 1. The predicted octanol–water partition coefficient (Wildman–Crippen LogP) is 2.70. The van der Waals surface area contributed by atoms with Gasteiger partial charge in [-0.15, -0.1) is 0 Å². The van der Waals surface area contributed by atoms with Crippen LogP contribution >= 0.6 is 0 Å². The van der Waals surface area contributed by atoms with E-state index in [-0.39, 0.29) is 0 Å². The first kappa shape index (κ1) is 13.8. The molecule has 2 heterocycles. The molecule has 0 atom stereocenters. The van der Waals surface area contributed by atoms with Gasteiger partial charge in [-0.05, 0) is 43.2 Å². The maximum atomic E-state index is 13.5. The Morgan fingerprint density at radius 1 is 1.18 bits per heavy atom.